The molecule has 122 valence electrons. The van der Waals surface area contributed by atoms with Crippen LogP contribution in [0.3, 0.4) is 0 Å². The number of amides is 2. The topological polar surface area (TPSA) is 61.4 Å². The van der Waals surface area contributed by atoms with Crippen LogP contribution in [0.5, 0.6) is 0 Å². The van der Waals surface area contributed by atoms with E-state index in [0.717, 1.165) is 12.1 Å². The number of nitrogens with one attached hydrogen (secondary N) is 2. The fraction of sp³-hybridized carbons (Fsp3) is 0.133. The first kappa shape index (κ1) is 17.5. The lowest BCUT2D eigenvalue weighted by Gasteiger charge is -2.14. The predicted octanol–water partition coefficient (Wildman–Crippen LogP) is 4.13. The van der Waals surface area contributed by atoms with Gasteiger partial charge in [0.25, 0.3) is 0 Å². The summed E-state index contributed by atoms with van der Waals surface area (Å²) in [6, 6.07) is 6.70. The van der Waals surface area contributed by atoms with Gasteiger partial charge < -0.3 is 15.7 Å². The Morgan fingerprint density at radius 1 is 1.13 bits per heavy atom. The van der Waals surface area contributed by atoms with Crippen molar-refractivity contribution in [3.05, 3.63) is 63.6 Å². The van der Waals surface area contributed by atoms with Crippen molar-refractivity contribution in [1.82, 2.24) is 5.32 Å². The first-order chi connectivity index (χ1) is 10.9. The average Bonchev–Trinajstić information content (AvgIpc) is 2.48. The molecule has 1 atom stereocenters. The average molecular weight is 361 g/mol. The molecule has 0 spiro atoms. The van der Waals surface area contributed by atoms with Gasteiger partial charge in [0.2, 0.25) is 0 Å². The van der Waals surface area contributed by atoms with E-state index in [1.165, 1.54) is 12.1 Å². The Morgan fingerprint density at radius 2 is 1.87 bits per heavy atom. The second kappa shape index (κ2) is 7.59. The molecule has 2 aromatic rings. The smallest absolute Gasteiger partial charge is 0.319 e. The highest BCUT2D eigenvalue weighted by Gasteiger charge is 2.14. The number of rotatable bonds is 4. The van der Waals surface area contributed by atoms with Crippen molar-refractivity contribution in [3.63, 3.8) is 0 Å². The van der Waals surface area contributed by atoms with Crippen LogP contribution in [-0.2, 0) is 0 Å². The second-order valence-electron chi connectivity index (χ2n) is 4.65. The van der Waals surface area contributed by atoms with E-state index in [1.807, 2.05) is 0 Å². The highest BCUT2D eigenvalue weighted by Crippen LogP contribution is 2.25. The van der Waals surface area contributed by atoms with Gasteiger partial charge in [-0.2, -0.15) is 0 Å². The fourth-order valence-electron chi connectivity index (χ4n) is 1.82. The summed E-state index contributed by atoms with van der Waals surface area (Å²) >= 11 is 11.6. The minimum atomic E-state index is -1.31. The van der Waals surface area contributed by atoms with Crippen LogP contribution in [0.15, 0.2) is 36.4 Å². The van der Waals surface area contributed by atoms with Crippen molar-refractivity contribution >= 4 is 34.9 Å². The van der Waals surface area contributed by atoms with Crippen LogP contribution < -0.4 is 10.6 Å². The second-order valence-corrected chi connectivity index (χ2v) is 5.46. The van der Waals surface area contributed by atoms with Crippen LogP contribution in [0.25, 0.3) is 0 Å². The quantitative estimate of drug-likeness (QED) is 0.767. The Bertz CT molecular complexity index is 729. The van der Waals surface area contributed by atoms with E-state index in [4.69, 9.17) is 23.2 Å². The third kappa shape index (κ3) is 4.79. The Kier molecular flexibility index (Phi) is 5.76. The molecular weight excluding hydrogens is 349 g/mol. The lowest BCUT2D eigenvalue weighted by molar-refractivity contribution is 0.170. The molecule has 0 fully saturated rings. The number of carbonyl (C=O) groups is 1. The molecule has 0 unspecified atom stereocenters. The van der Waals surface area contributed by atoms with E-state index >= 15 is 0 Å². The van der Waals surface area contributed by atoms with E-state index < -0.39 is 23.8 Å². The first-order valence-electron chi connectivity index (χ1n) is 6.49. The summed E-state index contributed by atoms with van der Waals surface area (Å²) in [7, 11) is 0. The molecule has 0 aliphatic heterocycles. The molecule has 2 aromatic carbocycles. The number of benzene rings is 2. The van der Waals surface area contributed by atoms with E-state index in [2.05, 4.69) is 10.6 Å². The standard InChI is InChI=1S/C15H12Cl2F2N2O2/c16-11-4-2-9(6-12(11)17)21-15(23)20-7-14(22)10-3-1-8(18)5-13(10)19/h1-6,14,22H,7H2,(H2,20,21,23)/t14-/m0/s1. The summed E-state index contributed by atoms with van der Waals surface area (Å²) in [4.78, 5) is 11.7. The van der Waals surface area contributed by atoms with E-state index in [9.17, 15) is 18.7 Å². The van der Waals surface area contributed by atoms with E-state index in [1.54, 1.807) is 6.07 Å². The third-order valence-corrected chi connectivity index (χ3v) is 3.69. The molecule has 8 heteroatoms. The van der Waals surface area contributed by atoms with Gasteiger partial charge in [0.1, 0.15) is 11.6 Å². The fourth-order valence-corrected chi connectivity index (χ4v) is 2.12. The predicted molar refractivity (Wildman–Crippen MR) is 84.8 cm³/mol. The zero-order valence-corrected chi connectivity index (χ0v) is 13.1. The van der Waals surface area contributed by atoms with Gasteiger partial charge in [-0.1, -0.05) is 29.3 Å². The van der Waals surface area contributed by atoms with Gasteiger partial charge in [0.15, 0.2) is 0 Å². The SMILES string of the molecule is O=C(NC[C@H](O)c1ccc(F)cc1F)Nc1ccc(Cl)c(Cl)c1. The van der Waals surface area contributed by atoms with Crippen LogP contribution in [0.1, 0.15) is 11.7 Å². The van der Waals surface area contributed by atoms with Crippen LogP contribution in [0.2, 0.25) is 10.0 Å². The number of anilines is 1. The summed E-state index contributed by atoms with van der Waals surface area (Å²) in [6.45, 7) is -0.254. The Hall–Kier alpha value is -1.89. The van der Waals surface area contributed by atoms with Gasteiger partial charge in [0.05, 0.1) is 16.1 Å². The van der Waals surface area contributed by atoms with Gasteiger partial charge >= 0.3 is 6.03 Å². The van der Waals surface area contributed by atoms with Gasteiger partial charge in [-0.15, -0.1) is 0 Å². The van der Waals surface area contributed by atoms with Gasteiger partial charge in [-0.05, 0) is 24.3 Å². The molecule has 23 heavy (non-hydrogen) atoms. The van der Waals surface area contributed by atoms with Gasteiger partial charge in [-0.25, -0.2) is 13.6 Å². The molecule has 2 amide bonds. The summed E-state index contributed by atoms with van der Waals surface area (Å²) in [5.74, 6) is -1.63. The Morgan fingerprint density at radius 3 is 2.52 bits per heavy atom. The largest absolute Gasteiger partial charge is 0.386 e. The van der Waals surface area contributed by atoms with Crippen molar-refractivity contribution in [1.29, 1.82) is 0 Å². The number of urea groups is 1. The maximum Gasteiger partial charge on any atom is 0.319 e. The number of aliphatic hydroxyl groups excluding tert-OH is 1. The molecule has 0 heterocycles. The minimum Gasteiger partial charge on any atom is -0.386 e. The maximum atomic E-state index is 13.5. The lowest BCUT2D eigenvalue weighted by atomic mass is 10.1. The first-order valence-corrected chi connectivity index (χ1v) is 7.25. The molecule has 4 nitrogen and oxygen atoms in total. The van der Waals surface area contributed by atoms with Crippen LogP contribution in [0, 0.1) is 11.6 Å². The van der Waals surface area contributed by atoms with Crippen molar-refractivity contribution in [3.8, 4) is 0 Å². The summed E-state index contributed by atoms with van der Waals surface area (Å²) in [6.07, 6.45) is -1.31. The lowest BCUT2D eigenvalue weighted by Crippen LogP contribution is -2.32. The van der Waals surface area contributed by atoms with Crippen LogP contribution >= 0.6 is 23.2 Å². The molecule has 0 aliphatic rings. The van der Waals surface area contributed by atoms with Gasteiger partial charge in [-0.3, -0.25) is 0 Å². The van der Waals surface area contributed by atoms with E-state index in [0.29, 0.717) is 16.8 Å². The highest BCUT2D eigenvalue weighted by atomic mass is 35.5. The third-order valence-electron chi connectivity index (χ3n) is 2.95. The highest BCUT2D eigenvalue weighted by molar-refractivity contribution is 6.42. The number of aliphatic hydroxyl groups is 1. The number of hydrogen-bond acceptors (Lipinski definition) is 2. The molecule has 2 rings (SSSR count). The number of halogens is 4. The monoisotopic (exact) mass is 360 g/mol. The molecular formula is C15H12Cl2F2N2O2. The molecule has 0 saturated heterocycles. The molecule has 0 aromatic heterocycles. The molecule has 0 saturated carbocycles. The van der Waals surface area contributed by atoms with Gasteiger partial charge in [0, 0.05) is 23.9 Å². The normalized spacial score (nSPS) is 11.9. The maximum absolute atomic E-state index is 13.5. The summed E-state index contributed by atoms with van der Waals surface area (Å²) < 4.78 is 26.3. The van der Waals surface area contributed by atoms with Crippen LogP contribution in [0.4, 0.5) is 19.3 Å². The van der Waals surface area contributed by atoms with Crippen LogP contribution in [-0.4, -0.2) is 17.7 Å². The zero-order valence-electron chi connectivity index (χ0n) is 11.6. The minimum absolute atomic E-state index is 0.110. The molecule has 0 radical (unpaired) electrons. The van der Waals surface area contributed by atoms with Crippen molar-refractivity contribution in [2.24, 2.45) is 0 Å². The van der Waals surface area contributed by atoms with E-state index in [-0.39, 0.29) is 17.1 Å². The van der Waals surface area contributed by atoms with Crippen molar-refractivity contribution in [2.75, 3.05) is 11.9 Å². The number of hydrogen-bond donors (Lipinski definition) is 3. The van der Waals surface area contributed by atoms with Crippen molar-refractivity contribution in [2.45, 2.75) is 6.10 Å². The number of carbonyl (C=O) groups excluding carboxylic acids is 1. The molecule has 0 bridgehead atoms. The molecule has 3 N–H and O–H groups in total. The summed E-state index contributed by atoms with van der Waals surface area (Å²) in [5, 5.41) is 15.3. The Balaban J connectivity index is 1.91. The Labute approximate surface area is 141 Å². The zero-order chi connectivity index (χ0) is 17.0. The molecule has 0 aliphatic carbocycles. The van der Waals surface area contributed by atoms with Crippen molar-refractivity contribution < 1.29 is 18.7 Å². The summed E-state index contributed by atoms with van der Waals surface area (Å²) in [5.41, 5.74) is 0.292.